The zero-order valence-corrected chi connectivity index (χ0v) is 18.6. The van der Waals surface area contributed by atoms with Gasteiger partial charge in [-0.3, -0.25) is 4.79 Å². The number of nitrogens with zero attached hydrogens (tertiary/aromatic N) is 1. The Morgan fingerprint density at radius 2 is 1.78 bits per heavy atom. The van der Waals surface area contributed by atoms with Crippen molar-refractivity contribution in [1.82, 2.24) is 4.90 Å². The molecule has 3 N–H and O–H groups in total. The highest BCUT2D eigenvalue weighted by Gasteiger charge is 2.46. The molecule has 1 saturated carbocycles. The second kappa shape index (κ2) is 7.73. The molecule has 168 valence electrons. The number of ether oxygens (including phenoxy) is 2. The van der Waals surface area contributed by atoms with Crippen molar-refractivity contribution in [2.24, 2.45) is 5.73 Å². The number of rotatable bonds is 2. The molecule has 1 atom stereocenters. The summed E-state index contributed by atoms with van der Waals surface area (Å²) in [6, 6.07) is 9.16. The fraction of sp³-hybridized carbons (Fsp3) is 0.440. The monoisotopic (exact) mass is 435 g/mol. The third-order valence-corrected chi connectivity index (χ3v) is 7.25. The van der Waals surface area contributed by atoms with Gasteiger partial charge in [-0.15, -0.1) is 0 Å². The second-order valence-electron chi connectivity index (χ2n) is 9.20. The molecule has 2 aliphatic heterocycles. The number of nitrogens with one attached hydrogen (secondary N) is 1. The van der Waals surface area contributed by atoms with Crippen LogP contribution < -0.4 is 20.5 Å². The lowest BCUT2D eigenvalue weighted by Crippen LogP contribution is -2.50. The third-order valence-electron chi connectivity index (χ3n) is 7.25. The second-order valence-corrected chi connectivity index (χ2v) is 9.20. The Kier molecular flexibility index (Phi) is 4.99. The van der Waals surface area contributed by atoms with Crippen LogP contribution >= 0.6 is 0 Å². The SMILES string of the molecule is Cc1ccc(NC(=O)N2CC3(CCCC3)c3cc4c(cc3C2C)OCCO4)cc1C(N)=O. The molecule has 1 unspecified atom stereocenters. The minimum atomic E-state index is -0.504. The fourth-order valence-corrected chi connectivity index (χ4v) is 5.51. The molecule has 1 aliphatic carbocycles. The summed E-state index contributed by atoms with van der Waals surface area (Å²) in [6.45, 7) is 5.63. The minimum absolute atomic E-state index is 0.0688. The topological polar surface area (TPSA) is 93.9 Å². The van der Waals surface area contributed by atoms with Crippen molar-refractivity contribution in [3.8, 4) is 11.5 Å². The summed E-state index contributed by atoms with van der Waals surface area (Å²) in [6.07, 6.45) is 4.40. The van der Waals surface area contributed by atoms with E-state index in [0.717, 1.165) is 48.3 Å². The standard InChI is InChI=1S/C25H29N3O4/c1-15-5-6-17(11-18(15)23(26)29)27-24(30)28-14-25(7-3-4-8-25)20-13-22-21(31-9-10-32-22)12-19(20)16(28)2/h5-6,11-13,16H,3-4,7-10,14H2,1-2H3,(H2,26,29)(H,27,30). The van der Waals surface area contributed by atoms with Crippen molar-refractivity contribution in [2.75, 3.05) is 25.1 Å². The van der Waals surface area contributed by atoms with E-state index < -0.39 is 5.91 Å². The van der Waals surface area contributed by atoms with E-state index in [0.29, 0.717) is 31.0 Å². The molecule has 0 aromatic heterocycles. The smallest absolute Gasteiger partial charge is 0.322 e. The molecule has 1 spiro atoms. The number of hydrogen-bond acceptors (Lipinski definition) is 4. The molecule has 2 aromatic rings. The molecule has 7 nitrogen and oxygen atoms in total. The van der Waals surface area contributed by atoms with Gasteiger partial charge in [-0.05, 0) is 67.6 Å². The van der Waals surface area contributed by atoms with Crippen molar-refractivity contribution in [3.05, 3.63) is 52.6 Å². The number of primary amides is 1. The van der Waals surface area contributed by atoms with E-state index in [4.69, 9.17) is 15.2 Å². The number of carbonyl (C=O) groups is 2. The molecule has 0 bridgehead atoms. The number of benzene rings is 2. The Labute approximate surface area is 187 Å². The van der Waals surface area contributed by atoms with E-state index in [1.165, 1.54) is 5.56 Å². The lowest BCUT2D eigenvalue weighted by atomic mass is 9.71. The first-order chi connectivity index (χ1) is 15.4. The Hall–Kier alpha value is -3.22. The van der Waals surface area contributed by atoms with Crippen LogP contribution in [-0.2, 0) is 5.41 Å². The van der Waals surface area contributed by atoms with Crippen molar-refractivity contribution >= 4 is 17.6 Å². The van der Waals surface area contributed by atoms with Crippen LogP contribution in [0.2, 0.25) is 0 Å². The summed E-state index contributed by atoms with van der Waals surface area (Å²) in [5.41, 5.74) is 9.59. The van der Waals surface area contributed by atoms with Crippen LogP contribution in [0.5, 0.6) is 11.5 Å². The normalized spacial score (nSPS) is 20.7. The van der Waals surface area contributed by atoms with E-state index in [1.807, 2.05) is 11.8 Å². The largest absolute Gasteiger partial charge is 0.486 e. The summed E-state index contributed by atoms with van der Waals surface area (Å²) >= 11 is 0. The average Bonchev–Trinajstić information content (AvgIpc) is 3.26. The average molecular weight is 436 g/mol. The van der Waals surface area contributed by atoms with Crippen LogP contribution in [-0.4, -0.2) is 36.6 Å². The maximum Gasteiger partial charge on any atom is 0.322 e. The molecule has 2 heterocycles. The maximum absolute atomic E-state index is 13.4. The van der Waals surface area contributed by atoms with Gasteiger partial charge < -0.3 is 25.4 Å². The molecule has 1 fully saturated rings. The third kappa shape index (κ3) is 3.36. The molecular weight excluding hydrogens is 406 g/mol. The number of fused-ring (bicyclic) bond motifs is 3. The Bertz CT molecular complexity index is 1090. The molecule has 7 heteroatoms. The van der Waals surface area contributed by atoms with E-state index in [-0.39, 0.29) is 17.5 Å². The van der Waals surface area contributed by atoms with Gasteiger partial charge in [0.05, 0.1) is 6.04 Å². The molecule has 3 aliphatic rings. The van der Waals surface area contributed by atoms with Crippen molar-refractivity contribution in [3.63, 3.8) is 0 Å². The highest BCUT2D eigenvalue weighted by atomic mass is 16.6. The Morgan fingerprint density at radius 3 is 2.47 bits per heavy atom. The van der Waals surface area contributed by atoms with Crippen LogP contribution in [0.3, 0.4) is 0 Å². The van der Waals surface area contributed by atoms with Crippen LogP contribution in [0, 0.1) is 6.92 Å². The molecule has 0 radical (unpaired) electrons. The number of hydrogen-bond donors (Lipinski definition) is 2. The summed E-state index contributed by atoms with van der Waals surface area (Å²) in [4.78, 5) is 27.1. The predicted octanol–water partition coefficient (Wildman–Crippen LogP) is 4.29. The lowest BCUT2D eigenvalue weighted by molar-refractivity contribution is 0.0999. The van der Waals surface area contributed by atoms with E-state index in [1.54, 1.807) is 18.2 Å². The van der Waals surface area contributed by atoms with Gasteiger partial charge in [-0.2, -0.15) is 0 Å². The number of urea groups is 1. The quantitative estimate of drug-likeness (QED) is 0.736. The van der Waals surface area contributed by atoms with Gasteiger partial charge in [0.15, 0.2) is 11.5 Å². The maximum atomic E-state index is 13.4. The van der Waals surface area contributed by atoms with Crippen LogP contribution in [0.1, 0.15) is 65.7 Å². The van der Waals surface area contributed by atoms with Crippen molar-refractivity contribution < 1.29 is 19.1 Å². The highest BCUT2D eigenvalue weighted by molar-refractivity contribution is 5.97. The zero-order valence-electron chi connectivity index (χ0n) is 18.6. The number of aryl methyl sites for hydroxylation is 1. The van der Waals surface area contributed by atoms with Gasteiger partial charge in [-0.25, -0.2) is 4.79 Å². The molecule has 0 saturated heterocycles. The Balaban J connectivity index is 1.49. The highest BCUT2D eigenvalue weighted by Crippen LogP contribution is 2.52. The fourth-order valence-electron chi connectivity index (χ4n) is 5.51. The summed E-state index contributed by atoms with van der Waals surface area (Å²) in [7, 11) is 0. The molecule has 3 amide bonds. The first-order valence-corrected chi connectivity index (χ1v) is 11.3. The summed E-state index contributed by atoms with van der Waals surface area (Å²) in [5.74, 6) is 1.06. The first kappa shape index (κ1) is 20.7. The molecule has 32 heavy (non-hydrogen) atoms. The molecule has 5 rings (SSSR count). The summed E-state index contributed by atoms with van der Waals surface area (Å²) in [5, 5.41) is 2.99. The predicted molar refractivity (Wildman–Crippen MR) is 121 cm³/mol. The number of carbonyl (C=O) groups excluding carboxylic acids is 2. The van der Waals surface area contributed by atoms with Gasteiger partial charge >= 0.3 is 6.03 Å². The number of amides is 3. The van der Waals surface area contributed by atoms with Crippen molar-refractivity contribution in [2.45, 2.75) is 51.0 Å². The minimum Gasteiger partial charge on any atom is -0.486 e. The van der Waals surface area contributed by atoms with Gasteiger partial charge in [0.2, 0.25) is 5.91 Å². The van der Waals surface area contributed by atoms with E-state index in [9.17, 15) is 9.59 Å². The zero-order chi connectivity index (χ0) is 22.5. The first-order valence-electron chi connectivity index (χ1n) is 11.3. The van der Waals surface area contributed by atoms with E-state index in [2.05, 4.69) is 24.4 Å². The van der Waals surface area contributed by atoms with Gasteiger partial charge in [0.25, 0.3) is 0 Å². The summed E-state index contributed by atoms with van der Waals surface area (Å²) < 4.78 is 11.7. The van der Waals surface area contributed by atoms with Crippen molar-refractivity contribution in [1.29, 1.82) is 0 Å². The van der Waals surface area contributed by atoms with Crippen LogP contribution in [0.15, 0.2) is 30.3 Å². The lowest BCUT2D eigenvalue weighted by Gasteiger charge is -2.46. The molecular formula is C25H29N3O4. The van der Waals surface area contributed by atoms with Crippen LogP contribution in [0.4, 0.5) is 10.5 Å². The molecule has 2 aromatic carbocycles. The van der Waals surface area contributed by atoms with Gasteiger partial charge in [0, 0.05) is 23.2 Å². The van der Waals surface area contributed by atoms with Crippen LogP contribution in [0.25, 0.3) is 0 Å². The Morgan fingerprint density at radius 1 is 1.09 bits per heavy atom. The van der Waals surface area contributed by atoms with E-state index >= 15 is 0 Å². The number of anilines is 1. The van der Waals surface area contributed by atoms with Gasteiger partial charge in [-0.1, -0.05) is 18.9 Å². The van der Waals surface area contributed by atoms with Gasteiger partial charge in [0.1, 0.15) is 13.2 Å². The number of nitrogens with two attached hydrogens (primary N) is 1.